The molecule has 0 saturated carbocycles. The molecule has 0 bridgehead atoms. The molecular formula is C11H14ClNS. The second kappa shape index (κ2) is 6.93. The highest BCUT2D eigenvalue weighted by Gasteiger charge is 1.92. The van der Waals surface area contributed by atoms with Crippen LogP contribution >= 0.6 is 23.4 Å². The summed E-state index contributed by atoms with van der Waals surface area (Å²) in [6.45, 7) is 5.25. The van der Waals surface area contributed by atoms with Crippen LogP contribution in [0.2, 0.25) is 0 Å². The first-order chi connectivity index (χ1) is 6.79. The lowest BCUT2D eigenvalue weighted by Gasteiger charge is -2.03. The SMILES string of the molecule is C=C(Cl)CNCCSc1ccccc1. The quantitative estimate of drug-likeness (QED) is 0.592. The zero-order valence-corrected chi connectivity index (χ0v) is 9.57. The molecule has 0 aromatic heterocycles. The third-order valence-corrected chi connectivity index (χ3v) is 2.75. The highest BCUT2D eigenvalue weighted by Crippen LogP contribution is 2.15. The zero-order chi connectivity index (χ0) is 10.2. The topological polar surface area (TPSA) is 12.0 Å². The maximum atomic E-state index is 5.61. The van der Waals surface area contributed by atoms with E-state index in [0.717, 1.165) is 12.3 Å². The van der Waals surface area contributed by atoms with Gasteiger partial charge in [-0.3, -0.25) is 0 Å². The first-order valence-electron chi connectivity index (χ1n) is 4.51. The molecule has 0 unspecified atom stereocenters. The van der Waals surface area contributed by atoms with Gasteiger partial charge in [-0.1, -0.05) is 36.4 Å². The van der Waals surface area contributed by atoms with Gasteiger partial charge in [0.25, 0.3) is 0 Å². The van der Waals surface area contributed by atoms with Gasteiger partial charge in [0.15, 0.2) is 0 Å². The molecule has 0 radical (unpaired) electrons. The molecule has 3 heteroatoms. The number of thioether (sulfide) groups is 1. The van der Waals surface area contributed by atoms with Gasteiger partial charge in [0, 0.05) is 28.8 Å². The van der Waals surface area contributed by atoms with Crippen LogP contribution in [0, 0.1) is 0 Å². The average molecular weight is 228 g/mol. The highest BCUT2D eigenvalue weighted by atomic mass is 35.5. The molecule has 1 nitrogen and oxygen atoms in total. The molecule has 0 aliphatic rings. The summed E-state index contributed by atoms with van der Waals surface area (Å²) in [5.41, 5.74) is 0. The Kier molecular flexibility index (Phi) is 5.76. The van der Waals surface area contributed by atoms with Crippen LogP contribution in [0.1, 0.15) is 0 Å². The molecule has 0 spiro atoms. The van der Waals surface area contributed by atoms with Gasteiger partial charge in [0.2, 0.25) is 0 Å². The van der Waals surface area contributed by atoms with Crippen LogP contribution in [0.5, 0.6) is 0 Å². The van der Waals surface area contributed by atoms with Gasteiger partial charge in [-0.05, 0) is 12.1 Å². The molecule has 0 aliphatic carbocycles. The molecule has 0 amide bonds. The molecule has 76 valence electrons. The van der Waals surface area contributed by atoms with Crippen LogP contribution in [0.25, 0.3) is 0 Å². The molecule has 1 rings (SSSR count). The van der Waals surface area contributed by atoms with Gasteiger partial charge >= 0.3 is 0 Å². The van der Waals surface area contributed by atoms with Gasteiger partial charge in [-0.15, -0.1) is 11.8 Å². The minimum absolute atomic E-state index is 0.662. The molecular weight excluding hydrogens is 214 g/mol. The minimum Gasteiger partial charge on any atom is -0.311 e. The predicted octanol–water partition coefficient (Wildman–Crippen LogP) is 3.12. The average Bonchev–Trinajstić information content (AvgIpc) is 2.18. The zero-order valence-electron chi connectivity index (χ0n) is 8.00. The summed E-state index contributed by atoms with van der Waals surface area (Å²) in [6.07, 6.45) is 0. The fraction of sp³-hybridized carbons (Fsp3) is 0.273. The molecule has 0 fully saturated rings. The first kappa shape index (κ1) is 11.6. The Hall–Kier alpha value is -0.440. The Labute approximate surface area is 94.5 Å². The van der Waals surface area contributed by atoms with Crippen LogP contribution in [-0.2, 0) is 0 Å². The molecule has 0 saturated heterocycles. The van der Waals surface area contributed by atoms with Gasteiger partial charge in [0.1, 0.15) is 0 Å². The van der Waals surface area contributed by atoms with Crippen molar-refractivity contribution in [2.45, 2.75) is 4.90 Å². The van der Waals surface area contributed by atoms with Gasteiger partial charge in [-0.2, -0.15) is 0 Å². The number of hydrogen-bond acceptors (Lipinski definition) is 2. The summed E-state index contributed by atoms with van der Waals surface area (Å²) in [4.78, 5) is 1.30. The molecule has 0 atom stereocenters. The Bertz CT molecular complexity index is 274. The highest BCUT2D eigenvalue weighted by molar-refractivity contribution is 7.99. The van der Waals surface area contributed by atoms with E-state index in [0.29, 0.717) is 11.6 Å². The Morgan fingerprint density at radius 2 is 2.07 bits per heavy atom. The third kappa shape index (κ3) is 5.32. The lowest BCUT2D eigenvalue weighted by molar-refractivity contribution is 0.800. The third-order valence-electron chi connectivity index (χ3n) is 1.61. The molecule has 0 aliphatic heterocycles. The summed E-state index contributed by atoms with van der Waals surface area (Å²) in [5, 5.41) is 3.86. The molecule has 0 heterocycles. The van der Waals surface area contributed by atoms with Crippen molar-refractivity contribution < 1.29 is 0 Å². The van der Waals surface area contributed by atoms with E-state index in [1.54, 1.807) is 0 Å². The van der Waals surface area contributed by atoms with E-state index in [1.807, 2.05) is 17.8 Å². The van der Waals surface area contributed by atoms with Crippen LogP contribution in [-0.4, -0.2) is 18.8 Å². The first-order valence-corrected chi connectivity index (χ1v) is 5.87. The maximum Gasteiger partial charge on any atom is 0.0307 e. The van der Waals surface area contributed by atoms with Crippen LogP contribution in [0.3, 0.4) is 0 Å². The van der Waals surface area contributed by atoms with Crippen molar-refractivity contribution in [3.05, 3.63) is 41.9 Å². The van der Waals surface area contributed by atoms with Gasteiger partial charge in [-0.25, -0.2) is 0 Å². The van der Waals surface area contributed by atoms with Crippen LogP contribution < -0.4 is 5.32 Å². The summed E-state index contributed by atoms with van der Waals surface area (Å²) in [7, 11) is 0. The van der Waals surface area contributed by atoms with Crippen molar-refractivity contribution in [3.63, 3.8) is 0 Å². The van der Waals surface area contributed by atoms with Crippen molar-refractivity contribution in [2.75, 3.05) is 18.8 Å². The number of benzene rings is 1. The smallest absolute Gasteiger partial charge is 0.0307 e. The normalized spacial score (nSPS) is 10.1. The van der Waals surface area contributed by atoms with Crippen molar-refractivity contribution >= 4 is 23.4 Å². The maximum absolute atomic E-state index is 5.61. The van der Waals surface area contributed by atoms with E-state index in [2.05, 4.69) is 36.2 Å². The van der Waals surface area contributed by atoms with E-state index >= 15 is 0 Å². The second-order valence-electron chi connectivity index (χ2n) is 2.86. The number of nitrogens with one attached hydrogen (secondary N) is 1. The molecule has 14 heavy (non-hydrogen) atoms. The fourth-order valence-corrected chi connectivity index (χ4v) is 1.91. The summed E-state index contributed by atoms with van der Waals surface area (Å²) in [6, 6.07) is 10.4. The second-order valence-corrected chi connectivity index (χ2v) is 4.56. The largest absolute Gasteiger partial charge is 0.311 e. The summed E-state index contributed by atoms with van der Waals surface area (Å²) >= 11 is 7.45. The standard InChI is InChI=1S/C11H14ClNS/c1-10(12)9-13-7-8-14-11-5-3-2-4-6-11/h2-6,13H,1,7-9H2. The molecule has 1 N–H and O–H groups in total. The van der Waals surface area contributed by atoms with E-state index in [-0.39, 0.29) is 0 Å². The van der Waals surface area contributed by atoms with Crippen LogP contribution in [0.4, 0.5) is 0 Å². The van der Waals surface area contributed by atoms with Gasteiger partial charge in [0.05, 0.1) is 0 Å². The number of rotatable bonds is 6. The minimum atomic E-state index is 0.662. The Morgan fingerprint density at radius 1 is 1.36 bits per heavy atom. The number of halogens is 1. The van der Waals surface area contributed by atoms with Gasteiger partial charge < -0.3 is 5.32 Å². The Morgan fingerprint density at radius 3 is 2.71 bits per heavy atom. The summed E-state index contributed by atoms with van der Waals surface area (Å²) in [5.74, 6) is 1.05. The Balaban J connectivity index is 2.08. The number of hydrogen-bond donors (Lipinski definition) is 1. The monoisotopic (exact) mass is 227 g/mol. The van der Waals surface area contributed by atoms with Crippen LogP contribution in [0.15, 0.2) is 46.8 Å². The van der Waals surface area contributed by atoms with Crippen molar-refractivity contribution in [3.8, 4) is 0 Å². The lowest BCUT2D eigenvalue weighted by atomic mass is 10.4. The van der Waals surface area contributed by atoms with Crippen molar-refractivity contribution in [2.24, 2.45) is 0 Å². The van der Waals surface area contributed by atoms with Crippen molar-refractivity contribution in [1.29, 1.82) is 0 Å². The van der Waals surface area contributed by atoms with E-state index in [1.165, 1.54) is 4.90 Å². The van der Waals surface area contributed by atoms with E-state index in [9.17, 15) is 0 Å². The van der Waals surface area contributed by atoms with Crippen molar-refractivity contribution in [1.82, 2.24) is 5.32 Å². The molecule has 1 aromatic carbocycles. The predicted molar refractivity (Wildman–Crippen MR) is 65.0 cm³/mol. The molecule has 1 aromatic rings. The summed E-state index contributed by atoms with van der Waals surface area (Å²) < 4.78 is 0. The van der Waals surface area contributed by atoms with E-state index < -0.39 is 0 Å². The fourth-order valence-electron chi connectivity index (χ4n) is 0.982. The lowest BCUT2D eigenvalue weighted by Crippen LogP contribution is -2.18. The van der Waals surface area contributed by atoms with E-state index in [4.69, 9.17) is 11.6 Å².